The highest BCUT2D eigenvalue weighted by molar-refractivity contribution is 6.29. The van der Waals surface area contributed by atoms with E-state index in [9.17, 15) is 14.7 Å². The zero-order valence-electron chi connectivity index (χ0n) is 14.2. The van der Waals surface area contributed by atoms with Crippen molar-refractivity contribution in [1.82, 2.24) is 4.98 Å². The average molecular weight is 343 g/mol. The molecule has 0 aliphatic rings. The molecule has 1 aromatic heterocycles. The number of ether oxygens (including phenoxy) is 1. The summed E-state index contributed by atoms with van der Waals surface area (Å²) in [5.74, 6) is -0.730. The molecular weight excluding hydrogens is 320 g/mol. The number of pyridine rings is 1. The minimum atomic E-state index is -1.23. The molecule has 0 radical (unpaired) electrons. The first-order valence-electron chi connectivity index (χ1n) is 7.15. The number of carbonyl (C=O) groups is 2. The number of hydrogen-bond acceptors (Lipinski definition) is 5. The fourth-order valence-corrected chi connectivity index (χ4v) is 1.97. The summed E-state index contributed by atoms with van der Waals surface area (Å²) >= 11 is 5.89. The van der Waals surface area contributed by atoms with Crippen LogP contribution in [0.25, 0.3) is 0 Å². The van der Waals surface area contributed by atoms with E-state index in [0.29, 0.717) is 5.56 Å². The highest BCUT2D eigenvalue weighted by atomic mass is 35.5. The number of nitrogens with one attached hydrogen (secondary N) is 1. The molecule has 0 bridgehead atoms. The maximum atomic E-state index is 12.2. The maximum absolute atomic E-state index is 12.2. The molecule has 0 fully saturated rings. The van der Waals surface area contributed by atoms with Crippen LogP contribution in [0.2, 0.25) is 5.15 Å². The average Bonchev–Trinajstić information content (AvgIpc) is 2.44. The van der Waals surface area contributed by atoms with Crippen molar-refractivity contribution in [3.8, 4) is 0 Å². The number of amides is 1. The molecule has 0 aromatic carbocycles. The smallest absolute Gasteiger partial charge is 0.314 e. The van der Waals surface area contributed by atoms with E-state index >= 15 is 0 Å². The van der Waals surface area contributed by atoms with E-state index < -0.39 is 22.9 Å². The normalized spacial score (nSPS) is 13.4. The molecule has 128 valence electrons. The molecule has 23 heavy (non-hydrogen) atoms. The number of aliphatic hydroxyl groups is 1. The van der Waals surface area contributed by atoms with Gasteiger partial charge >= 0.3 is 5.97 Å². The van der Waals surface area contributed by atoms with Gasteiger partial charge in [-0.25, -0.2) is 4.98 Å². The first kappa shape index (κ1) is 19.4. The molecule has 1 amide bonds. The number of anilines is 1. The molecule has 1 heterocycles. The number of methoxy groups -OCH3 is 1. The Bertz CT molecular complexity index is 609. The lowest BCUT2D eigenvalue weighted by molar-refractivity contribution is -0.157. The van der Waals surface area contributed by atoms with E-state index in [-0.39, 0.29) is 16.9 Å². The van der Waals surface area contributed by atoms with Crippen LogP contribution in [-0.4, -0.2) is 29.1 Å². The molecule has 1 rings (SSSR count). The third kappa shape index (κ3) is 4.42. The van der Waals surface area contributed by atoms with Gasteiger partial charge in [0.25, 0.3) is 0 Å². The molecule has 0 aliphatic carbocycles. The Morgan fingerprint density at radius 2 is 1.83 bits per heavy atom. The Hall–Kier alpha value is -1.66. The van der Waals surface area contributed by atoms with Crippen LogP contribution in [0.3, 0.4) is 0 Å². The third-order valence-corrected chi connectivity index (χ3v) is 3.71. The van der Waals surface area contributed by atoms with Gasteiger partial charge in [-0.2, -0.15) is 0 Å². The van der Waals surface area contributed by atoms with Crippen LogP contribution in [0, 0.1) is 10.8 Å². The molecule has 7 heteroatoms. The molecule has 0 aliphatic heterocycles. The van der Waals surface area contributed by atoms with Crippen LogP contribution in [-0.2, 0) is 14.3 Å². The van der Waals surface area contributed by atoms with Crippen molar-refractivity contribution in [3.63, 3.8) is 0 Å². The summed E-state index contributed by atoms with van der Waals surface area (Å²) < 4.78 is 4.72. The van der Waals surface area contributed by atoms with E-state index in [1.807, 2.05) is 0 Å². The highest BCUT2D eigenvalue weighted by Crippen LogP contribution is 2.38. The Morgan fingerprint density at radius 3 is 2.30 bits per heavy atom. The monoisotopic (exact) mass is 342 g/mol. The standard InChI is InChI=1S/C16H23ClN2O4/c1-15(2,3)13(21)19-12-9(7-8-10(17)18-12)11(20)16(4,5)14(22)23-6/h7-8,11,20H,1-6H3,(H,18,19,21). The topological polar surface area (TPSA) is 88.5 Å². The van der Waals surface area contributed by atoms with Gasteiger partial charge in [-0.15, -0.1) is 0 Å². The summed E-state index contributed by atoms with van der Waals surface area (Å²) in [6.07, 6.45) is -1.23. The molecular formula is C16H23ClN2O4. The van der Waals surface area contributed by atoms with Crippen LogP contribution in [0.15, 0.2) is 12.1 Å². The van der Waals surface area contributed by atoms with Crippen molar-refractivity contribution in [3.05, 3.63) is 22.8 Å². The van der Waals surface area contributed by atoms with E-state index in [4.69, 9.17) is 16.3 Å². The van der Waals surface area contributed by atoms with Gasteiger partial charge in [-0.1, -0.05) is 32.4 Å². The lowest BCUT2D eigenvalue weighted by Crippen LogP contribution is -2.34. The number of halogens is 1. The van der Waals surface area contributed by atoms with Crippen molar-refractivity contribution >= 4 is 29.3 Å². The van der Waals surface area contributed by atoms with Gasteiger partial charge in [-0.3, -0.25) is 9.59 Å². The molecule has 2 N–H and O–H groups in total. The molecule has 1 unspecified atom stereocenters. The first-order chi connectivity index (χ1) is 10.4. The summed E-state index contributed by atoms with van der Waals surface area (Å²) in [7, 11) is 1.25. The summed E-state index contributed by atoms with van der Waals surface area (Å²) in [5.41, 5.74) is -1.57. The molecule has 1 aromatic rings. The number of carbonyl (C=O) groups excluding carboxylic acids is 2. The van der Waals surface area contributed by atoms with Crippen LogP contribution < -0.4 is 5.32 Å². The lowest BCUT2D eigenvalue weighted by atomic mass is 9.82. The van der Waals surface area contributed by atoms with Gasteiger partial charge in [0.15, 0.2) is 0 Å². The van der Waals surface area contributed by atoms with Crippen molar-refractivity contribution in [2.75, 3.05) is 12.4 Å². The molecule has 6 nitrogen and oxygen atoms in total. The van der Waals surface area contributed by atoms with Crippen LogP contribution in [0.4, 0.5) is 5.82 Å². The first-order valence-corrected chi connectivity index (χ1v) is 7.53. The zero-order chi connectivity index (χ0) is 18.0. The summed E-state index contributed by atoms with van der Waals surface area (Å²) in [6.45, 7) is 8.35. The number of rotatable bonds is 4. The Kier molecular flexibility index (Phi) is 5.77. The highest BCUT2D eigenvalue weighted by Gasteiger charge is 2.39. The SMILES string of the molecule is COC(=O)C(C)(C)C(O)c1ccc(Cl)nc1NC(=O)C(C)(C)C. The number of aliphatic hydroxyl groups excluding tert-OH is 1. The molecule has 0 spiro atoms. The largest absolute Gasteiger partial charge is 0.469 e. The summed E-state index contributed by atoms with van der Waals surface area (Å²) in [5, 5.41) is 13.4. The van der Waals surface area contributed by atoms with Crippen molar-refractivity contribution in [2.45, 2.75) is 40.7 Å². The van der Waals surface area contributed by atoms with Gasteiger partial charge in [-0.05, 0) is 26.0 Å². The third-order valence-electron chi connectivity index (χ3n) is 3.50. The predicted octanol–water partition coefficient (Wildman–Crippen LogP) is 2.95. The van der Waals surface area contributed by atoms with Gasteiger partial charge in [0, 0.05) is 11.0 Å². The number of esters is 1. The van der Waals surface area contributed by atoms with Crippen LogP contribution >= 0.6 is 11.6 Å². The second-order valence-corrected chi connectivity index (χ2v) is 7.28. The quantitative estimate of drug-likeness (QED) is 0.648. The van der Waals surface area contributed by atoms with E-state index in [0.717, 1.165) is 0 Å². The Balaban J connectivity index is 3.27. The number of hydrogen-bond donors (Lipinski definition) is 2. The fourth-order valence-electron chi connectivity index (χ4n) is 1.83. The number of nitrogens with zero attached hydrogens (tertiary/aromatic N) is 1. The minimum absolute atomic E-state index is 0.127. The van der Waals surface area contributed by atoms with Gasteiger partial charge in [0.2, 0.25) is 5.91 Å². The van der Waals surface area contributed by atoms with E-state index in [2.05, 4.69) is 10.3 Å². The lowest BCUT2D eigenvalue weighted by Gasteiger charge is -2.29. The van der Waals surface area contributed by atoms with Crippen LogP contribution in [0.5, 0.6) is 0 Å². The Morgan fingerprint density at radius 1 is 1.26 bits per heavy atom. The van der Waals surface area contributed by atoms with Gasteiger partial charge < -0.3 is 15.2 Å². The second-order valence-electron chi connectivity index (χ2n) is 6.89. The predicted molar refractivity (Wildman–Crippen MR) is 88.1 cm³/mol. The van der Waals surface area contributed by atoms with Crippen molar-refractivity contribution in [2.24, 2.45) is 10.8 Å². The van der Waals surface area contributed by atoms with Crippen molar-refractivity contribution in [1.29, 1.82) is 0 Å². The van der Waals surface area contributed by atoms with E-state index in [1.54, 1.807) is 34.6 Å². The second kappa shape index (κ2) is 6.84. The zero-order valence-corrected chi connectivity index (χ0v) is 15.0. The summed E-state index contributed by atoms with van der Waals surface area (Å²) in [4.78, 5) is 28.2. The fraction of sp³-hybridized carbons (Fsp3) is 0.562. The maximum Gasteiger partial charge on any atom is 0.314 e. The van der Waals surface area contributed by atoms with E-state index in [1.165, 1.54) is 19.2 Å². The Labute approximate surface area is 141 Å². The van der Waals surface area contributed by atoms with Crippen LogP contribution in [0.1, 0.15) is 46.3 Å². The van der Waals surface area contributed by atoms with Crippen molar-refractivity contribution < 1.29 is 19.4 Å². The number of aromatic nitrogens is 1. The summed E-state index contributed by atoms with van der Waals surface area (Å²) in [6, 6.07) is 3.02. The molecule has 1 atom stereocenters. The molecule has 0 saturated heterocycles. The van der Waals surface area contributed by atoms with Gasteiger partial charge in [0.05, 0.1) is 18.6 Å². The van der Waals surface area contributed by atoms with Gasteiger partial charge in [0.1, 0.15) is 11.0 Å². The molecule has 0 saturated carbocycles. The minimum Gasteiger partial charge on any atom is -0.469 e.